The second-order valence-electron chi connectivity index (χ2n) is 5.83. The van der Waals surface area contributed by atoms with Gasteiger partial charge in [-0.3, -0.25) is 4.90 Å². The number of aromatic nitrogens is 3. The highest BCUT2D eigenvalue weighted by Gasteiger charge is 2.09. The molecule has 1 aliphatic heterocycles. The highest BCUT2D eigenvalue weighted by molar-refractivity contribution is 5.38. The van der Waals surface area contributed by atoms with Crippen LogP contribution in [0.4, 0.5) is 11.8 Å². The normalized spacial score (nSPS) is 15.2. The van der Waals surface area contributed by atoms with Crippen LogP contribution in [0.1, 0.15) is 11.1 Å². The number of morpholine rings is 1. The minimum Gasteiger partial charge on any atom is -0.379 e. The third-order valence-electron chi connectivity index (χ3n) is 4.09. The lowest BCUT2D eigenvalue weighted by Gasteiger charge is -2.26. The Morgan fingerprint density at radius 2 is 2.00 bits per heavy atom. The van der Waals surface area contributed by atoms with Crippen molar-refractivity contribution in [3.8, 4) is 0 Å². The van der Waals surface area contributed by atoms with Gasteiger partial charge < -0.3 is 15.4 Å². The van der Waals surface area contributed by atoms with Crippen molar-refractivity contribution in [1.82, 2.24) is 20.1 Å². The Bertz CT molecular complexity index is 644. The summed E-state index contributed by atoms with van der Waals surface area (Å²) in [6.07, 6.45) is 1.65. The Labute approximate surface area is 142 Å². The number of aryl methyl sites for hydroxylation is 1. The maximum atomic E-state index is 5.35. The first-order valence-electron chi connectivity index (χ1n) is 8.33. The molecule has 24 heavy (non-hydrogen) atoms. The van der Waals surface area contributed by atoms with E-state index in [1.54, 1.807) is 6.20 Å². The summed E-state index contributed by atoms with van der Waals surface area (Å²) >= 11 is 0. The summed E-state index contributed by atoms with van der Waals surface area (Å²) in [5.74, 6) is 1.28. The van der Waals surface area contributed by atoms with Gasteiger partial charge in [0.25, 0.3) is 0 Å². The standard InChI is InChI=1S/C17H24N6O/c1-14-4-2-3-5-15(14)12-19-17-21-16(13-20-22-17)18-6-7-23-8-10-24-11-9-23/h2-5,13H,6-12H2,1H3,(H2,18,19,21,22). The zero-order valence-electron chi connectivity index (χ0n) is 14.0. The van der Waals surface area contributed by atoms with Crippen molar-refractivity contribution in [3.05, 3.63) is 41.6 Å². The van der Waals surface area contributed by atoms with E-state index in [2.05, 4.69) is 49.8 Å². The van der Waals surface area contributed by atoms with Crippen molar-refractivity contribution in [2.75, 3.05) is 50.0 Å². The van der Waals surface area contributed by atoms with Crippen LogP contribution in [0, 0.1) is 6.92 Å². The lowest BCUT2D eigenvalue weighted by atomic mass is 10.1. The first-order valence-corrected chi connectivity index (χ1v) is 8.33. The fourth-order valence-electron chi connectivity index (χ4n) is 2.61. The molecule has 7 heteroatoms. The number of nitrogens with zero attached hydrogens (tertiary/aromatic N) is 4. The first-order chi connectivity index (χ1) is 11.8. The van der Waals surface area contributed by atoms with Crippen LogP contribution in [0.3, 0.4) is 0 Å². The second-order valence-corrected chi connectivity index (χ2v) is 5.83. The molecule has 0 aliphatic carbocycles. The summed E-state index contributed by atoms with van der Waals surface area (Å²) in [5.41, 5.74) is 2.48. The Morgan fingerprint density at radius 1 is 1.17 bits per heavy atom. The molecule has 7 nitrogen and oxygen atoms in total. The molecule has 3 rings (SSSR count). The Balaban J connectivity index is 1.47. The van der Waals surface area contributed by atoms with E-state index >= 15 is 0 Å². The monoisotopic (exact) mass is 328 g/mol. The third-order valence-corrected chi connectivity index (χ3v) is 4.09. The van der Waals surface area contributed by atoms with Crippen LogP contribution < -0.4 is 10.6 Å². The van der Waals surface area contributed by atoms with Gasteiger partial charge in [0.05, 0.1) is 19.4 Å². The van der Waals surface area contributed by atoms with Gasteiger partial charge in [-0.25, -0.2) is 0 Å². The highest BCUT2D eigenvalue weighted by Crippen LogP contribution is 2.10. The molecule has 0 saturated carbocycles. The number of rotatable bonds is 7. The van der Waals surface area contributed by atoms with E-state index in [0.29, 0.717) is 12.5 Å². The molecule has 1 fully saturated rings. The zero-order valence-corrected chi connectivity index (χ0v) is 14.0. The quantitative estimate of drug-likeness (QED) is 0.798. The van der Waals surface area contributed by atoms with Gasteiger partial charge in [0.15, 0.2) is 5.82 Å². The summed E-state index contributed by atoms with van der Waals surface area (Å²) in [6, 6.07) is 8.27. The SMILES string of the molecule is Cc1ccccc1CNc1nncc(NCCN2CCOCC2)n1. The van der Waals surface area contributed by atoms with Gasteiger partial charge in [-0.2, -0.15) is 10.1 Å². The smallest absolute Gasteiger partial charge is 0.244 e. The number of hydrogen-bond acceptors (Lipinski definition) is 7. The van der Waals surface area contributed by atoms with Gasteiger partial charge in [-0.05, 0) is 18.1 Å². The van der Waals surface area contributed by atoms with Crippen molar-refractivity contribution < 1.29 is 4.74 Å². The predicted molar refractivity (Wildman–Crippen MR) is 94.1 cm³/mol. The summed E-state index contributed by atoms with van der Waals surface area (Å²) in [6.45, 7) is 8.21. The number of hydrogen-bond donors (Lipinski definition) is 2. The Kier molecular flexibility index (Phi) is 5.92. The lowest BCUT2D eigenvalue weighted by molar-refractivity contribution is 0.0398. The molecule has 2 aromatic rings. The summed E-state index contributed by atoms with van der Waals surface area (Å²) in [4.78, 5) is 6.84. The molecule has 128 valence electrons. The largest absolute Gasteiger partial charge is 0.379 e. The highest BCUT2D eigenvalue weighted by atomic mass is 16.5. The Hall–Kier alpha value is -2.25. The fourth-order valence-corrected chi connectivity index (χ4v) is 2.61. The maximum Gasteiger partial charge on any atom is 0.244 e. The van der Waals surface area contributed by atoms with Gasteiger partial charge in [0.2, 0.25) is 5.95 Å². The molecule has 1 aliphatic rings. The number of benzene rings is 1. The molecular formula is C17H24N6O. The van der Waals surface area contributed by atoms with Gasteiger partial charge in [0.1, 0.15) is 0 Å². The molecule has 0 bridgehead atoms. The molecule has 2 N–H and O–H groups in total. The van der Waals surface area contributed by atoms with Crippen LogP contribution in [-0.4, -0.2) is 59.5 Å². The van der Waals surface area contributed by atoms with Gasteiger partial charge >= 0.3 is 0 Å². The Morgan fingerprint density at radius 3 is 2.83 bits per heavy atom. The van der Waals surface area contributed by atoms with Gasteiger partial charge in [0, 0.05) is 32.7 Å². The summed E-state index contributed by atoms with van der Waals surface area (Å²) in [5, 5.41) is 14.6. The van der Waals surface area contributed by atoms with E-state index < -0.39 is 0 Å². The van der Waals surface area contributed by atoms with Crippen LogP contribution in [-0.2, 0) is 11.3 Å². The molecule has 0 spiro atoms. The van der Waals surface area contributed by atoms with Crippen LogP contribution in [0.5, 0.6) is 0 Å². The zero-order chi connectivity index (χ0) is 16.6. The predicted octanol–water partition coefficient (Wildman–Crippen LogP) is 1.54. The molecule has 1 aromatic heterocycles. The van der Waals surface area contributed by atoms with E-state index in [4.69, 9.17) is 4.74 Å². The molecule has 1 saturated heterocycles. The van der Waals surface area contributed by atoms with Crippen LogP contribution in [0.15, 0.2) is 30.5 Å². The van der Waals surface area contributed by atoms with Crippen LogP contribution >= 0.6 is 0 Å². The fraction of sp³-hybridized carbons (Fsp3) is 0.471. The average Bonchev–Trinajstić information content (AvgIpc) is 2.62. The van der Waals surface area contributed by atoms with Crippen molar-refractivity contribution >= 4 is 11.8 Å². The summed E-state index contributed by atoms with van der Waals surface area (Å²) in [7, 11) is 0. The van der Waals surface area contributed by atoms with Crippen molar-refractivity contribution in [3.63, 3.8) is 0 Å². The number of anilines is 2. The topological polar surface area (TPSA) is 75.2 Å². The first kappa shape index (κ1) is 16.6. The second kappa shape index (κ2) is 8.56. The van der Waals surface area contributed by atoms with Gasteiger partial charge in [-0.15, -0.1) is 5.10 Å². The van der Waals surface area contributed by atoms with Crippen LogP contribution in [0.25, 0.3) is 0 Å². The third kappa shape index (κ3) is 4.87. The average molecular weight is 328 g/mol. The summed E-state index contributed by atoms with van der Waals surface area (Å²) < 4.78 is 5.35. The van der Waals surface area contributed by atoms with Crippen molar-refractivity contribution in [2.45, 2.75) is 13.5 Å². The molecule has 0 unspecified atom stereocenters. The molecular weight excluding hydrogens is 304 g/mol. The van der Waals surface area contributed by atoms with E-state index in [9.17, 15) is 0 Å². The maximum absolute atomic E-state index is 5.35. The van der Waals surface area contributed by atoms with Crippen molar-refractivity contribution in [1.29, 1.82) is 0 Å². The van der Waals surface area contributed by atoms with Gasteiger partial charge in [-0.1, -0.05) is 24.3 Å². The van der Waals surface area contributed by atoms with E-state index in [-0.39, 0.29) is 0 Å². The molecule has 1 aromatic carbocycles. The molecule has 0 atom stereocenters. The van der Waals surface area contributed by atoms with Crippen LogP contribution in [0.2, 0.25) is 0 Å². The minimum atomic E-state index is 0.537. The van der Waals surface area contributed by atoms with E-state index in [1.807, 2.05) is 12.1 Å². The number of ether oxygens (including phenoxy) is 1. The minimum absolute atomic E-state index is 0.537. The lowest BCUT2D eigenvalue weighted by Crippen LogP contribution is -2.39. The van der Waals surface area contributed by atoms with Crippen molar-refractivity contribution in [2.24, 2.45) is 0 Å². The molecule has 2 heterocycles. The molecule has 0 amide bonds. The molecule has 0 radical (unpaired) electrons. The van der Waals surface area contributed by atoms with E-state index in [0.717, 1.165) is 45.2 Å². The van der Waals surface area contributed by atoms with E-state index in [1.165, 1.54) is 11.1 Å². The number of nitrogens with one attached hydrogen (secondary N) is 2.